The number of amides is 4. The van der Waals surface area contributed by atoms with Crippen LogP contribution in [0.3, 0.4) is 0 Å². The lowest BCUT2D eigenvalue weighted by Crippen LogP contribution is -2.56. The SMILES string of the molecule is CCN(CC)CCCCC(NC(=O)C(NC(=O)CCCC#Cc1cnc(S(C)(=O)=O)nc1)C(C)C)C(=O)NCC(=O)NC/C=C/c1c2c(nc3cc4c(cc13)OCO4)-c1cc3c(c(=O)n1C2)COC(=O)[C@]3(O)CC. The lowest BCUT2D eigenvalue weighted by Gasteiger charge is -2.31. The highest BCUT2D eigenvalue weighted by Gasteiger charge is 2.45. The summed E-state index contributed by atoms with van der Waals surface area (Å²) in [6.07, 6.45) is 9.61. The van der Waals surface area contributed by atoms with Gasteiger partial charge in [-0.2, -0.15) is 0 Å². The molecule has 7 rings (SSSR count). The number of nitrogens with zero attached hydrogens (tertiary/aromatic N) is 5. The number of hydrogen-bond acceptors (Lipinski definition) is 16. The molecule has 0 spiro atoms. The first-order chi connectivity index (χ1) is 35.4. The lowest BCUT2D eigenvalue weighted by molar-refractivity contribution is -0.172. The Morgan fingerprint density at radius 1 is 0.932 bits per heavy atom. The van der Waals surface area contributed by atoms with Crippen LogP contribution in [0.15, 0.2) is 46.6 Å². The Morgan fingerprint density at radius 3 is 2.35 bits per heavy atom. The quantitative estimate of drug-likeness (QED) is 0.0288. The number of sulfone groups is 1. The van der Waals surface area contributed by atoms with Gasteiger partial charge in [-0.05, 0) is 75.4 Å². The van der Waals surface area contributed by atoms with Gasteiger partial charge in [-0.15, -0.1) is 0 Å². The average molecular weight is 1040 g/mol. The molecule has 4 aromatic rings. The maximum absolute atomic E-state index is 13.9. The molecule has 0 aliphatic carbocycles. The largest absolute Gasteiger partial charge is 0.458 e. The number of hydrogen-bond donors (Lipinski definition) is 5. The summed E-state index contributed by atoms with van der Waals surface area (Å²) in [5.74, 6) is 3.64. The van der Waals surface area contributed by atoms with Crippen LogP contribution in [-0.4, -0.2) is 125 Å². The highest BCUT2D eigenvalue weighted by Crippen LogP contribution is 2.43. The summed E-state index contributed by atoms with van der Waals surface area (Å²) in [6.45, 7) is 11.4. The smallest absolute Gasteiger partial charge is 0.343 e. The number of nitrogens with one attached hydrogen (secondary N) is 4. The number of carbonyl (C=O) groups excluding carboxylic acids is 5. The molecule has 394 valence electrons. The van der Waals surface area contributed by atoms with E-state index in [0.717, 1.165) is 32.3 Å². The summed E-state index contributed by atoms with van der Waals surface area (Å²) < 4.78 is 41.3. The van der Waals surface area contributed by atoms with Crippen LogP contribution in [0.25, 0.3) is 28.4 Å². The molecule has 21 nitrogen and oxygen atoms in total. The molecule has 2 unspecified atom stereocenters. The Bertz CT molecular complexity index is 3090. The van der Waals surface area contributed by atoms with Gasteiger partial charge in [-0.25, -0.2) is 28.2 Å². The van der Waals surface area contributed by atoms with Crippen LogP contribution in [0.4, 0.5) is 0 Å². The zero-order valence-corrected chi connectivity index (χ0v) is 43.3. The second-order valence-corrected chi connectivity index (χ2v) is 20.6. The Morgan fingerprint density at radius 2 is 1.66 bits per heavy atom. The highest BCUT2D eigenvalue weighted by molar-refractivity contribution is 7.90. The van der Waals surface area contributed by atoms with Gasteiger partial charge in [0.25, 0.3) is 5.56 Å². The number of pyridine rings is 2. The molecule has 0 saturated heterocycles. The zero-order chi connectivity index (χ0) is 53.3. The van der Waals surface area contributed by atoms with Gasteiger partial charge in [0.1, 0.15) is 18.7 Å². The third-order valence-electron chi connectivity index (χ3n) is 13.3. The number of benzene rings is 1. The van der Waals surface area contributed by atoms with Crippen molar-refractivity contribution >= 4 is 56.4 Å². The standard InChI is InChI=1S/C52H63N9O12S/c1-7-52(68)37-23-40-46-35(28-61(40)49(66)36(37)29-71-50(52)67)33(34-22-41-42(73-30-72-41)24-39(34)57-46)17-15-20-53-44(63)27-54-47(64)38(18-13-14-21-60(8-2)9-3)58-48(65)45(31(4)5)59-43(62)19-12-10-11-16-32-25-55-51(56-26-32)74(6,69)70/h15,17,22-26,31,38,45,68H,7-10,12-14,18-21,27-30H2,1-6H3,(H,53,63)(H,54,64)(H,58,65)(H,59,62)/b17-15+/t38?,45?,52-/m0/s1. The molecule has 5 N–H and O–H groups in total. The van der Waals surface area contributed by atoms with E-state index < -0.39 is 56.8 Å². The average Bonchev–Trinajstić information content (AvgIpc) is 4.00. The number of esters is 1. The van der Waals surface area contributed by atoms with Crippen LogP contribution in [0.2, 0.25) is 0 Å². The van der Waals surface area contributed by atoms with E-state index >= 15 is 0 Å². The van der Waals surface area contributed by atoms with E-state index in [1.165, 1.54) is 12.4 Å². The van der Waals surface area contributed by atoms with Gasteiger partial charge in [0.2, 0.25) is 45.4 Å². The van der Waals surface area contributed by atoms with Crippen LogP contribution in [-0.2, 0) is 57.3 Å². The van der Waals surface area contributed by atoms with E-state index in [0.29, 0.717) is 69.7 Å². The van der Waals surface area contributed by atoms with Crippen molar-refractivity contribution in [2.45, 2.75) is 116 Å². The number of carbonyl (C=O) groups is 5. The summed E-state index contributed by atoms with van der Waals surface area (Å²) in [7, 11) is -3.54. The summed E-state index contributed by atoms with van der Waals surface area (Å²) in [5.41, 5.74) is 1.23. The zero-order valence-electron chi connectivity index (χ0n) is 42.5. The van der Waals surface area contributed by atoms with Crippen molar-refractivity contribution in [3.63, 3.8) is 0 Å². The van der Waals surface area contributed by atoms with Crippen molar-refractivity contribution in [2.24, 2.45) is 5.92 Å². The van der Waals surface area contributed by atoms with Crippen LogP contribution in [0.1, 0.15) is 107 Å². The number of rotatable bonds is 22. The number of fused-ring (bicyclic) bond motifs is 6. The first-order valence-electron chi connectivity index (χ1n) is 24.8. The molecular weight excluding hydrogens is 975 g/mol. The molecule has 22 heteroatoms. The van der Waals surface area contributed by atoms with Gasteiger partial charge in [0.05, 0.1) is 41.1 Å². The molecule has 3 aliphatic rings. The molecule has 3 atom stereocenters. The monoisotopic (exact) mass is 1040 g/mol. The molecule has 0 saturated carbocycles. The lowest BCUT2D eigenvalue weighted by atomic mass is 9.86. The van der Waals surface area contributed by atoms with Crippen LogP contribution >= 0.6 is 0 Å². The van der Waals surface area contributed by atoms with E-state index in [4.69, 9.17) is 19.2 Å². The Balaban J connectivity index is 0.985. The fraction of sp³-hybridized carbons (Fsp3) is 0.481. The summed E-state index contributed by atoms with van der Waals surface area (Å²) in [6, 6.07) is 3.23. The van der Waals surface area contributed by atoms with Gasteiger partial charge in [-0.3, -0.25) is 24.0 Å². The number of aliphatic hydroxyl groups is 1. The van der Waals surface area contributed by atoms with Crippen molar-refractivity contribution in [3.05, 3.63) is 74.8 Å². The highest BCUT2D eigenvalue weighted by atomic mass is 32.2. The molecule has 74 heavy (non-hydrogen) atoms. The molecule has 6 heterocycles. The van der Waals surface area contributed by atoms with Crippen molar-refractivity contribution < 1.29 is 51.7 Å². The summed E-state index contributed by atoms with van der Waals surface area (Å²) >= 11 is 0. The van der Waals surface area contributed by atoms with Crippen molar-refractivity contribution in [1.82, 2.24) is 45.7 Å². The predicted molar refractivity (Wildman–Crippen MR) is 272 cm³/mol. The first kappa shape index (κ1) is 54.6. The Hall–Kier alpha value is -7.22. The molecule has 3 aromatic heterocycles. The second-order valence-electron chi connectivity index (χ2n) is 18.7. The normalized spacial score (nSPS) is 16.2. The van der Waals surface area contributed by atoms with Crippen LogP contribution < -0.4 is 36.3 Å². The number of cyclic esters (lactones) is 1. The van der Waals surface area contributed by atoms with E-state index in [-0.39, 0.29) is 80.4 Å². The van der Waals surface area contributed by atoms with E-state index in [9.17, 15) is 42.3 Å². The third kappa shape index (κ3) is 12.4. The maximum atomic E-state index is 13.9. The molecule has 0 bridgehead atoms. The predicted octanol–water partition coefficient (Wildman–Crippen LogP) is 2.61. The van der Waals surface area contributed by atoms with Gasteiger partial charge in [-0.1, -0.05) is 58.6 Å². The number of unbranched alkanes of at least 4 members (excludes halogenated alkanes) is 2. The van der Waals surface area contributed by atoms with E-state index in [1.54, 1.807) is 55.7 Å². The van der Waals surface area contributed by atoms with E-state index in [2.05, 4.69) is 61.8 Å². The fourth-order valence-electron chi connectivity index (χ4n) is 9.00. The van der Waals surface area contributed by atoms with Gasteiger partial charge in [0, 0.05) is 60.6 Å². The molecular formula is C52H63N9O12S. The fourth-order valence-corrected chi connectivity index (χ4v) is 9.49. The van der Waals surface area contributed by atoms with Crippen LogP contribution in [0.5, 0.6) is 11.5 Å². The molecule has 1 aromatic carbocycles. The number of ether oxygens (including phenoxy) is 3. The van der Waals surface area contributed by atoms with Gasteiger partial charge < -0.3 is 50.1 Å². The van der Waals surface area contributed by atoms with Gasteiger partial charge >= 0.3 is 5.97 Å². The van der Waals surface area contributed by atoms with E-state index in [1.807, 2.05) is 0 Å². The third-order valence-corrected chi connectivity index (χ3v) is 14.1. The van der Waals surface area contributed by atoms with Crippen LogP contribution in [0, 0.1) is 17.8 Å². The summed E-state index contributed by atoms with van der Waals surface area (Å²) in [4.78, 5) is 95.4. The summed E-state index contributed by atoms with van der Waals surface area (Å²) in [5, 5.41) is 22.9. The minimum Gasteiger partial charge on any atom is -0.458 e. The molecule has 0 radical (unpaired) electrons. The Labute approximate surface area is 429 Å². The van der Waals surface area contributed by atoms with Crippen molar-refractivity contribution in [2.75, 3.05) is 45.8 Å². The van der Waals surface area contributed by atoms with Crippen molar-refractivity contribution in [1.29, 1.82) is 0 Å². The second kappa shape index (κ2) is 23.8. The minimum absolute atomic E-state index is 0.00331. The Kier molecular flexibility index (Phi) is 17.5. The minimum atomic E-state index is -3.54. The topological polar surface area (TPSA) is 279 Å². The van der Waals surface area contributed by atoms with Crippen molar-refractivity contribution in [3.8, 4) is 34.7 Å². The first-order valence-corrected chi connectivity index (χ1v) is 26.7. The van der Waals surface area contributed by atoms with Gasteiger partial charge in [0.15, 0.2) is 17.1 Å². The molecule has 3 aliphatic heterocycles. The molecule has 4 amide bonds. The number of aromatic nitrogens is 4. The maximum Gasteiger partial charge on any atom is 0.343 e. The molecule has 0 fully saturated rings.